The molecule has 3 nitrogen and oxygen atoms in total. The molecule has 1 N–H and O–H groups in total. The molecule has 1 saturated carbocycles. The molecule has 0 aliphatic heterocycles. The number of rotatable bonds is 4. The molecule has 1 fully saturated rings. The Morgan fingerprint density at radius 1 is 1.00 bits per heavy atom. The van der Waals surface area contributed by atoms with Gasteiger partial charge in [0.15, 0.2) is 9.84 Å². The van der Waals surface area contributed by atoms with Crippen molar-refractivity contribution in [3.8, 4) is 0 Å². The Hall–Kier alpha value is -0.0900. The monoisotopic (exact) mass is 275 g/mol. The second-order valence-electron chi connectivity index (χ2n) is 5.96. The summed E-state index contributed by atoms with van der Waals surface area (Å²) in [5.74, 6) is 0.193. The summed E-state index contributed by atoms with van der Waals surface area (Å²) >= 11 is 0. The molecule has 0 bridgehead atoms. The summed E-state index contributed by atoms with van der Waals surface area (Å²) in [7, 11) is -1.13. The second-order valence-corrected chi connectivity index (χ2v) is 8.49. The quantitative estimate of drug-likeness (QED) is 0.858. The fourth-order valence-electron chi connectivity index (χ4n) is 2.83. The highest BCUT2D eigenvalue weighted by molar-refractivity contribution is 7.92. The van der Waals surface area contributed by atoms with Crippen LogP contribution in [0.3, 0.4) is 0 Å². The lowest BCUT2D eigenvalue weighted by Gasteiger charge is -2.32. The van der Waals surface area contributed by atoms with Crippen molar-refractivity contribution in [3.63, 3.8) is 0 Å². The largest absolute Gasteiger partial charge is 0.316 e. The molecule has 0 aromatic rings. The molecule has 0 amide bonds. The van der Waals surface area contributed by atoms with Gasteiger partial charge in [0.25, 0.3) is 0 Å². The van der Waals surface area contributed by atoms with Crippen LogP contribution in [-0.4, -0.2) is 32.0 Å². The maximum atomic E-state index is 12.7. The standard InChI is InChI=1S/C14H29NO2S/c1-11(2)12(3)18(16,17)14-10-8-6-5-7-9-13(14)15-4/h11-15H,5-10H2,1-4H3. The van der Waals surface area contributed by atoms with E-state index in [1.807, 2.05) is 27.8 Å². The summed E-state index contributed by atoms with van der Waals surface area (Å²) in [6.07, 6.45) is 6.43. The summed E-state index contributed by atoms with van der Waals surface area (Å²) < 4.78 is 25.4. The minimum Gasteiger partial charge on any atom is -0.316 e. The lowest BCUT2D eigenvalue weighted by atomic mass is 9.96. The van der Waals surface area contributed by atoms with Crippen LogP contribution in [-0.2, 0) is 9.84 Å². The molecule has 4 heteroatoms. The third-order valence-corrected chi connectivity index (χ3v) is 7.44. The van der Waals surface area contributed by atoms with Crippen molar-refractivity contribution in [1.29, 1.82) is 0 Å². The van der Waals surface area contributed by atoms with Gasteiger partial charge in [0, 0.05) is 6.04 Å². The van der Waals surface area contributed by atoms with Crippen LogP contribution in [0.1, 0.15) is 59.3 Å². The zero-order chi connectivity index (χ0) is 13.8. The number of hydrogen-bond acceptors (Lipinski definition) is 3. The van der Waals surface area contributed by atoms with E-state index in [-0.39, 0.29) is 22.5 Å². The molecule has 3 atom stereocenters. The fraction of sp³-hybridized carbons (Fsp3) is 1.00. The predicted molar refractivity (Wildman–Crippen MR) is 77.6 cm³/mol. The van der Waals surface area contributed by atoms with Gasteiger partial charge in [0.05, 0.1) is 10.5 Å². The Morgan fingerprint density at radius 3 is 2.06 bits per heavy atom. The van der Waals surface area contributed by atoms with Gasteiger partial charge in [0.2, 0.25) is 0 Å². The first-order chi connectivity index (χ1) is 8.41. The first-order valence-electron chi connectivity index (χ1n) is 7.31. The maximum absolute atomic E-state index is 12.7. The fourth-order valence-corrected chi connectivity index (χ4v) is 5.36. The smallest absolute Gasteiger partial charge is 0.157 e. The number of sulfone groups is 1. The molecule has 0 aromatic carbocycles. The molecular weight excluding hydrogens is 246 g/mol. The summed E-state index contributed by atoms with van der Waals surface area (Å²) in [5.41, 5.74) is 0. The molecule has 1 aliphatic rings. The Balaban J connectivity index is 2.92. The van der Waals surface area contributed by atoms with Crippen LogP contribution in [0.4, 0.5) is 0 Å². The molecule has 0 radical (unpaired) electrons. The van der Waals surface area contributed by atoms with E-state index in [9.17, 15) is 8.42 Å². The first kappa shape index (κ1) is 16.0. The molecule has 3 unspecified atom stereocenters. The molecule has 0 aromatic heterocycles. The van der Waals surface area contributed by atoms with E-state index in [0.717, 1.165) is 25.7 Å². The van der Waals surface area contributed by atoms with Crippen molar-refractivity contribution in [2.75, 3.05) is 7.05 Å². The minimum atomic E-state index is -3.02. The van der Waals surface area contributed by atoms with Gasteiger partial charge in [-0.25, -0.2) is 8.42 Å². The highest BCUT2D eigenvalue weighted by atomic mass is 32.2. The molecular formula is C14H29NO2S. The van der Waals surface area contributed by atoms with Crippen LogP contribution >= 0.6 is 0 Å². The number of hydrogen-bond donors (Lipinski definition) is 1. The summed E-state index contributed by atoms with van der Waals surface area (Å²) in [6.45, 7) is 5.87. The van der Waals surface area contributed by atoms with Gasteiger partial charge in [-0.1, -0.05) is 39.5 Å². The van der Waals surface area contributed by atoms with Crippen LogP contribution in [0.15, 0.2) is 0 Å². The Kier molecular flexibility index (Phi) is 6.12. The first-order valence-corrected chi connectivity index (χ1v) is 8.92. The molecule has 0 spiro atoms. The summed E-state index contributed by atoms with van der Waals surface area (Å²) in [5, 5.41) is 2.81. The molecule has 0 saturated heterocycles. The van der Waals surface area contributed by atoms with E-state index in [1.54, 1.807) is 0 Å². The lowest BCUT2D eigenvalue weighted by molar-refractivity contribution is 0.400. The van der Waals surface area contributed by atoms with Crippen LogP contribution < -0.4 is 5.32 Å². The van der Waals surface area contributed by atoms with E-state index in [1.165, 1.54) is 12.8 Å². The predicted octanol–water partition coefficient (Wildman–Crippen LogP) is 2.76. The molecule has 1 rings (SSSR count). The van der Waals surface area contributed by atoms with Crippen LogP contribution in [0.5, 0.6) is 0 Å². The topological polar surface area (TPSA) is 46.2 Å². The zero-order valence-electron chi connectivity index (χ0n) is 12.3. The Bertz CT molecular complexity index is 338. The third-order valence-electron chi connectivity index (χ3n) is 4.45. The average molecular weight is 275 g/mol. The van der Waals surface area contributed by atoms with Crippen molar-refractivity contribution in [3.05, 3.63) is 0 Å². The van der Waals surface area contributed by atoms with E-state index < -0.39 is 9.84 Å². The minimum absolute atomic E-state index is 0.136. The van der Waals surface area contributed by atoms with Crippen molar-refractivity contribution >= 4 is 9.84 Å². The van der Waals surface area contributed by atoms with Gasteiger partial charge in [0.1, 0.15) is 0 Å². The lowest BCUT2D eigenvalue weighted by Crippen LogP contribution is -2.47. The maximum Gasteiger partial charge on any atom is 0.157 e. The Labute approximate surface area is 113 Å². The van der Waals surface area contributed by atoms with Gasteiger partial charge in [-0.2, -0.15) is 0 Å². The van der Waals surface area contributed by atoms with Crippen molar-refractivity contribution < 1.29 is 8.42 Å². The second kappa shape index (κ2) is 6.90. The van der Waals surface area contributed by atoms with E-state index in [2.05, 4.69) is 5.32 Å². The third kappa shape index (κ3) is 3.70. The van der Waals surface area contributed by atoms with E-state index >= 15 is 0 Å². The Morgan fingerprint density at radius 2 is 1.56 bits per heavy atom. The SMILES string of the molecule is CNC1CCCCCCC1S(=O)(=O)C(C)C(C)C. The zero-order valence-corrected chi connectivity index (χ0v) is 13.1. The van der Waals surface area contributed by atoms with Crippen molar-refractivity contribution in [2.24, 2.45) is 5.92 Å². The van der Waals surface area contributed by atoms with Crippen LogP contribution in [0.25, 0.3) is 0 Å². The highest BCUT2D eigenvalue weighted by Crippen LogP contribution is 2.27. The molecule has 18 heavy (non-hydrogen) atoms. The van der Waals surface area contributed by atoms with Crippen LogP contribution in [0, 0.1) is 5.92 Å². The highest BCUT2D eigenvalue weighted by Gasteiger charge is 2.37. The van der Waals surface area contributed by atoms with Crippen LogP contribution in [0.2, 0.25) is 0 Å². The van der Waals surface area contributed by atoms with Gasteiger partial charge >= 0.3 is 0 Å². The van der Waals surface area contributed by atoms with Gasteiger partial charge in [-0.15, -0.1) is 0 Å². The molecule has 1 aliphatic carbocycles. The van der Waals surface area contributed by atoms with E-state index in [0.29, 0.717) is 0 Å². The normalized spacial score (nSPS) is 28.7. The van der Waals surface area contributed by atoms with Gasteiger partial charge < -0.3 is 5.32 Å². The van der Waals surface area contributed by atoms with Crippen molar-refractivity contribution in [1.82, 2.24) is 5.32 Å². The number of nitrogens with one attached hydrogen (secondary N) is 1. The molecule has 0 heterocycles. The summed E-state index contributed by atoms with van der Waals surface area (Å²) in [4.78, 5) is 0. The van der Waals surface area contributed by atoms with Gasteiger partial charge in [-0.05, 0) is 32.7 Å². The molecule has 108 valence electrons. The van der Waals surface area contributed by atoms with Gasteiger partial charge in [-0.3, -0.25) is 0 Å². The average Bonchev–Trinajstić information content (AvgIpc) is 2.27. The summed E-state index contributed by atoms with van der Waals surface area (Å²) in [6, 6.07) is 0.136. The van der Waals surface area contributed by atoms with E-state index in [4.69, 9.17) is 0 Å². The van der Waals surface area contributed by atoms with Crippen molar-refractivity contribution in [2.45, 2.75) is 75.8 Å².